The smallest absolute Gasteiger partial charge is 0.127 e. The molecule has 0 fully saturated rings. The lowest BCUT2D eigenvalue weighted by molar-refractivity contribution is 0.433. The van der Waals surface area contributed by atoms with E-state index in [2.05, 4.69) is 6.58 Å². The van der Waals surface area contributed by atoms with Crippen LogP contribution in [-0.2, 0) is 5.41 Å². The first-order valence-electron chi connectivity index (χ1n) is 4.96. The molecular formula is C13H18O2. The van der Waals surface area contributed by atoms with Crippen molar-refractivity contribution in [3.63, 3.8) is 0 Å². The van der Waals surface area contributed by atoms with Gasteiger partial charge in [0.15, 0.2) is 0 Å². The van der Waals surface area contributed by atoms with Gasteiger partial charge >= 0.3 is 0 Å². The monoisotopic (exact) mass is 206 g/mol. The number of hydrogen-bond acceptors (Lipinski definition) is 2. The van der Waals surface area contributed by atoms with Crippen LogP contribution in [0.2, 0.25) is 0 Å². The quantitative estimate of drug-likeness (QED) is 0.691. The van der Waals surface area contributed by atoms with Gasteiger partial charge in [-0.25, -0.2) is 0 Å². The second-order valence-electron chi connectivity index (χ2n) is 4.92. The van der Waals surface area contributed by atoms with E-state index in [-0.39, 0.29) is 16.9 Å². The van der Waals surface area contributed by atoms with E-state index in [9.17, 15) is 10.2 Å². The minimum atomic E-state index is -0.201. The number of phenolic OH excluding ortho intramolecular Hbond substituents is 2. The molecule has 1 aromatic rings. The Kier molecular flexibility index (Phi) is 2.80. The highest BCUT2D eigenvalue weighted by atomic mass is 16.3. The first kappa shape index (κ1) is 11.6. The van der Waals surface area contributed by atoms with Gasteiger partial charge in [-0.2, -0.15) is 0 Å². The van der Waals surface area contributed by atoms with Gasteiger partial charge in [0.25, 0.3) is 0 Å². The number of allylic oxidation sites excluding steroid dienone is 1. The molecule has 0 saturated carbocycles. The molecule has 0 aliphatic carbocycles. The Morgan fingerprint density at radius 1 is 1.20 bits per heavy atom. The summed E-state index contributed by atoms with van der Waals surface area (Å²) in [4.78, 5) is 0. The summed E-state index contributed by atoms with van der Waals surface area (Å²) < 4.78 is 0. The Labute approximate surface area is 90.9 Å². The summed E-state index contributed by atoms with van der Waals surface area (Å²) in [5.41, 5.74) is 1.89. The van der Waals surface area contributed by atoms with Crippen molar-refractivity contribution >= 4 is 5.57 Å². The number of phenols is 2. The highest BCUT2D eigenvalue weighted by molar-refractivity contribution is 5.70. The highest BCUT2D eigenvalue weighted by Crippen LogP contribution is 2.38. The molecule has 0 atom stereocenters. The maximum Gasteiger partial charge on any atom is 0.127 e. The first-order chi connectivity index (χ1) is 6.73. The Morgan fingerprint density at radius 2 is 1.73 bits per heavy atom. The molecule has 0 aliphatic rings. The molecule has 0 aliphatic heterocycles. The van der Waals surface area contributed by atoms with Crippen molar-refractivity contribution < 1.29 is 10.2 Å². The molecule has 0 saturated heterocycles. The van der Waals surface area contributed by atoms with E-state index in [0.717, 1.165) is 11.1 Å². The van der Waals surface area contributed by atoms with Crippen LogP contribution in [0.15, 0.2) is 18.7 Å². The van der Waals surface area contributed by atoms with E-state index in [1.165, 1.54) is 6.07 Å². The zero-order valence-corrected chi connectivity index (χ0v) is 9.76. The molecule has 0 radical (unpaired) electrons. The second-order valence-corrected chi connectivity index (χ2v) is 4.92. The predicted octanol–water partition coefficient (Wildman–Crippen LogP) is 3.43. The van der Waals surface area contributed by atoms with Crippen molar-refractivity contribution in [1.82, 2.24) is 0 Å². The summed E-state index contributed by atoms with van der Waals surface area (Å²) in [5.74, 6) is 0.378. The fourth-order valence-corrected chi connectivity index (χ4v) is 1.52. The van der Waals surface area contributed by atoms with Crippen LogP contribution in [0.5, 0.6) is 11.5 Å². The molecule has 0 aromatic heterocycles. The molecule has 1 aromatic carbocycles. The molecule has 1 rings (SSSR count). The van der Waals surface area contributed by atoms with Crippen molar-refractivity contribution in [2.75, 3.05) is 0 Å². The second kappa shape index (κ2) is 3.61. The molecular weight excluding hydrogens is 188 g/mol. The van der Waals surface area contributed by atoms with Gasteiger partial charge in [-0.3, -0.25) is 0 Å². The van der Waals surface area contributed by atoms with Crippen LogP contribution in [-0.4, -0.2) is 10.2 Å². The van der Waals surface area contributed by atoms with Crippen LogP contribution in [0.4, 0.5) is 0 Å². The van der Waals surface area contributed by atoms with Crippen molar-refractivity contribution in [3.8, 4) is 11.5 Å². The van der Waals surface area contributed by atoms with E-state index in [4.69, 9.17) is 0 Å². The highest BCUT2D eigenvalue weighted by Gasteiger charge is 2.21. The van der Waals surface area contributed by atoms with Gasteiger partial charge < -0.3 is 10.2 Å². The van der Waals surface area contributed by atoms with Gasteiger partial charge in [-0.05, 0) is 30.0 Å². The molecule has 0 heterocycles. The summed E-state index contributed by atoms with van der Waals surface area (Å²) in [6.45, 7) is 11.6. The van der Waals surface area contributed by atoms with Crippen LogP contribution in [0.3, 0.4) is 0 Å². The lowest BCUT2D eigenvalue weighted by Gasteiger charge is -2.22. The lowest BCUT2D eigenvalue weighted by atomic mass is 9.84. The molecule has 0 spiro atoms. The SMILES string of the molecule is C=C(C)c1cc(O)cc(C(C)(C)C)c1O. The molecule has 82 valence electrons. The summed E-state index contributed by atoms with van der Waals surface area (Å²) in [6.07, 6.45) is 0. The number of benzene rings is 1. The van der Waals surface area contributed by atoms with Crippen molar-refractivity contribution in [2.45, 2.75) is 33.1 Å². The van der Waals surface area contributed by atoms with Crippen LogP contribution >= 0.6 is 0 Å². The summed E-state index contributed by atoms with van der Waals surface area (Å²) >= 11 is 0. The van der Waals surface area contributed by atoms with Gasteiger partial charge in [-0.15, -0.1) is 0 Å². The van der Waals surface area contributed by atoms with Crippen molar-refractivity contribution in [2.24, 2.45) is 0 Å². The maximum atomic E-state index is 10.0. The fraction of sp³-hybridized carbons (Fsp3) is 0.385. The summed E-state index contributed by atoms with van der Waals surface area (Å²) in [6, 6.07) is 3.13. The minimum Gasteiger partial charge on any atom is -0.508 e. The average molecular weight is 206 g/mol. The standard InChI is InChI=1S/C13H18O2/c1-8(2)10-6-9(14)7-11(12(10)15)13(3,4)5/h6-7,14-15H,1H2,2-5H3. The van der Waals surface area contributed by atoms with Crippen LogP contribution in [0, 0.1) is 0 Å². The molecule has 0 bridgehead atoms. The molecule has 2 N–H and O–H groups in total. The van der Waals surface area contributed by atoms with E-state index >= 15 is 0 Å². The third-order valence-electron chi connectivity index (χ3n) is 2.36. The Bertz CT molecular complexity index is 398. The topological polar surface area (TPSA) is 40.5 Å². The fourth-order valence-electron chi connectivity index (χ4n) is 1.52. The van der Waals surface area contributed by atoms with E-state index in [0.29, 0.717) is 5.56 Å². The summed E-state index contributed by atoms with van der Waals surface area (Å²) in [7, 11) is 0. The average Bonchev–Trinajstić information content (AvgIpc) is 2.06. The predicted molar refractivity (Wildman–Crippen MR) is 63.2 cm³/mol. The maximum absolute atomic E-state index is 10.0. The van der Waals surface area contributed by atoms with Crippen LogP contribution in [0.1, 0.15) is 38.8 Å². The van der Waals surface area contributed by atoms with E-state index in [1.54, 1.807) is 13.0 Å². The Morgan fingerprint density at radius 3 is 2.13 bits per heavy atom. The third-order valence-corrected chi connectivity index (χ3v) is 2.36. The zero-order valence-electron chi connectivity index (χ0n) is 9.76. The van der Waals surface area contributed by atoms with Crippen molar-refractivity contribution in [1.29, 1.82) is 0 Å². The number of aromatic hydroxyl groups is 2. The zero-order chi connectivity index (χ0) is 11.8. The van der Waals surface area contributed by atoms with Gasteiger partial charge in [0.2, 0.25) is 0 Å². The number of hydrogen-bond donors (Lipinski definition) is 2. The van der Waals surface area contributed by atoms with Crippen LogP contribution in [0.25, 0.3) is 5.57 Å². The van der Waals surface area contributed by atoms with E-state index < -0.39 is 0 Å². The number of rotatable bonds is 1. The minimum absolute atomic E-state index is 0.163. The first-order valence-corrected chi connectivity index (χ1v) is 4.96. The Hall–Kier alpha value is -1.44. The van der Waals surface area contributed by atoms with Gasteiger partial charge in [0.1, 0.15) is 11.5 Å². The molecule has 2 nitrogen and oxygen atoms in total. The van der Waals surface area contributed by atoms with Gasteiger partial charge in [-0.1, -0.05) is 27.4 Å². The Balaban J connectivity index is 3.49. The molecule has 0 unspecified atom stereocenters. The largest absolute Gasteiger partial charge is 0.508 e. The molecule has 2 heteroatoms. The van der Waals surface area contributed by atoms with Crippen molar-refractivity contribution in [3.05, 3.63) is 29.8 Å². The third kappa shape index (κ3) is 2.32. The molecule has 15 heavy (non-hydrogen) atoms. The van der Waals surface area contributed by atoms with Crippen LogP contribution < -0.4 is 0 Å². The van der Waals surface area contributed by atoms with E-state index in [1.807, 2.05) is 20.8 Å². The normalized spacial score (nSPS) is 11.5. The lowest BCUT2D eigenvalue weighted by Crippen LogP contribution is -2.11. The summed E-state index contributed by atoms with van der Waals surface area (Å²) in [5, 5.41) is 19.6. The van der Waals surface area contributed by atoms with Gasteiger partial charge in [0, 0.05) is 11.1 Å². The van der Waals surface area contributed by atoms with Gasteiger partial charge in [0.05, 0.1) is 0 Å². The molecule has 0 amide bonds.